The van der Waals surface area contributed by atoms with E-state index in [1.54, 1.807) is 26.0 Å². The van der Waals surface area contributed by atoms with Gasteiger partial charge in [-0.3, -0.25) is 0 Å². The van der Waals surface area contributed by atoms with Gasteiger partial charge in [-0.05, 0) is 11.9 Å². The second kappa shape index (κ2) is 2.75. The molecular weight excluding hydrogens is 177 g/mol. The van der Waals surface area contributed by atoms with Crippen LogP contribution in [-0.4, -0.2) is 22.9 Å². The Balaban J connectivity index is 2.24. The fraction of sp³-hybridized carbons (Fsp3) is 0. The molecular formula is C9H5BN3O. The lowest BCUT2D eigenvalue weighted by Crippen LogP contribution is -2.32. The zero-order chi connectivity index (χ0) is 9.38. The van der Waals surface area contributed by atoms with E-state index in [-0.39, 0.29) is 0 Å². The van der Waals surface area contributed by atoms with E-state index in [0.29, 0.717) is 0 Å². The van der Waals surface area contributed by atoms with Crippen LogP contribution in [0, 0.1) is 0 Å². The lowest BCUT2D eigenvalue weighted by Gasteiger charge is -2.17. The molecule has 0 aromatic carbocycles. The Labute approximate surface area is 81.2 Å². The van der Waals surface area contributed by atoms with Gasteiger partial charge in [-0.15, -0.1) is 0 Å². The molecule has 4 nitrogen and oxygen atoms in total. The van der Waals surface area contributed by atoms with Gasteiger partial charge in [0.25, 0.3) is 0 Å². The second-order valence-corrected chi connectivity index (χ2v) is 2.86. The molecule has 2 aliphatic rings. The van der Waals surface area contributed by atoms with Crippen LogP contribution in [0.1, 0.15) is 0 Å². The monoisotopic (exact) mass is 182 g/mol. The van der Waals surface area contributed by atoms with E-state index in [1.165, 1.54) is 0 Å². The van der Waals surface area contributed by atoms with Crippen LogP contribution in [-0.2, 0) is 4.65 Å². The fourth-order valence-corrected chi connectivity index (χ4v) is 1.42. The highest BCUT2D eigenvalue weighted by atomic mass is 16.4. The number of hydrogen-bond donors (Lipinski definition) is 0. The topological polar surface area (TPSA) is 39.4 Å². The van der Waals surface area contributed by atoms with Crippen LogP contribution < -0.4 is 5.72 Å². The smallest absolute Gasteiger partial charge is 0.450 e. The first kappa shape index (κ1) is 7.41. The quantitative estimate of drug-likeness (QED) is 0.533. The molecule has 0 spiro atoms. The minimum absolute atomic E-state index is 0.730. The summed E-state index contributed by atoms with van der Waals surface area (Å²) in [5.41, 5.74) is 1.71. The Morgan fingerprint density at radius 3 is 3.50 bits per heavy atom. The van der Waals surface area contributed by atoms with E-state index in [4.69, 9.17) is 4.65 Å². The van der Waals surface area contributed by atoms with Crippen LogP contribution in [0.15, 0.2) is 41.5 Å². The highest BCUT2D eigenvalue weighted by Crippen LogP contribution is 2.17. The molecule has 0 bridgehead atoms. The van der Waals surface area contributed by atoms with Gasteiger partial charge in [-0.1, -0.05) is 0 Å². The molecule has 0 unspecified atom stereocenters. The van der Waals surface area contributed by atoms with Crippen LogP contribution in [0.5, 0.6) is 0 Å². The molecule has 0 saturated heterocycles. The molecule has 0 aliphatic carbocycles. The number of fused-ring (bicyclic) bond motifs is 2. The normalized spacial score (nSPS) is 16.9. The van der Waals surface area contributed by atoms with Crippen molar-refractivity contribution in [2.75, 3.05) is 0 Å². The number of aliphatic imine (C=N–C) groups is 1. The summed E-state index contributed by atoms with van der Waals surface area (Å²) >= 11 is 0. The van der Waals surface area contributed by atoms with Crippen molar-refractivity contribution in [2.45, 2.75) is 0 Å². The lowest BCUT2D eigenvalue weighted by molar-refractivity contribution is 0.475. The largest absolute Gasteiger partial charge is 0.554 e. The molecule has 1 radical (unpaired) electrons. The van der Waals surface area contributed by atoms with E-state index in [2.05, 4.69) is 15.8 Å². The van der Waals surface area contributed by atoms with Crippen molar-refractivity contribution < 1.29 is 4.65 Å². The highest BCUT2D eigenvalue weighted by Gasteiger charge is 2.19. The number of allylic oxidation sites excluding steroid dienone is 3. The number of imidazole rings is 1. The number of rotatable bonds is 0. The maximum absolute atomic E-state index is 5.39. The van der Waals surface area contributed by atoms with Gasteiger partial charge in [-0.2, -0.15) is 0 Å². The highest BCUT2D eigenvalue weighted by molar-refractivity contribution is 6.46. The first-order chi connectivity index (χ1) is 6.95. The van der Waals surface area contributed by atoms with Crippen molar-refractivity contribution in [3.8, 4) is 0 Å². The molecule has 5 heteroatoms. The van der Waals surface area contributed by atoms with Crippen molar-refractivity contribution in [1.29, 1.82) is 0 Å². The predicted octanol–water partition coefficient (Wildman–Crippen LogP) is 0.0796. The Kier molecular flexibility index (Phi) is 1.46. The third kappa shape index (κ3) is 0.964. The van der Waals surface area contributed by atoms with Gasteiger partial charge in [-0.25, -0.2) is 9.98 Å². The summed E-state index contributed by atoms with van der Waals surface area (Å²) in [6, 6.07) is 0. The van der Waals surface area contributed by atoms with Gasteiger partial charge in [0, 0.05) is 24.7 Å². The molecule has 0 N–H and O–H groups in total. The van der Waals surface area contributed by atoms with E-state index in [0.717, 1.165) is 17.2 Å². The fourth-order valence-electron chi connectivity index (χ4n) is 1.42. The van der Waals surface area contributed by atoms with Crippen LogP contribution in [0.3, 0.4) is 0 Å². The van der Waals surface area contributed by atoms with Crippen molar-refractivity contribution in [2.24, 2.45) is 4.99 Å². The van der Waals surface area contributed by atoms with E-state index in [9.17, 15) is 0 Å². The minimum Gasteiger partial charge on any atom is -0.554 e. The van der Waals surface area contributed by atoms with E-state index in [1.807, 2.05) is 16.8 Å². The van der Waals surface area contributed by atoms with Gasteiger partial charge in [0.15, 0.2) is 0 Å². The molecule has 2 aliphatic heterocycles. The van der Waals surface area contributed by atoms with Gasteiger partial charge < -0.3 is 9.22 Å². The first-order valence-electron chi connectivity index (χ1n) is 4.18. The summed E-state index contributed by atoms with van der Waals surface area (Å²) in [7, 11) is 1.61. The van der Waals surface area contributed by atoms with Crippen molar-refractivity contribution in [1.82, 2.24) is 9.55 Å². The Hall–Kier alpha value is -2.00. The third-order valence-corrected chi connectivity index (χ3v) is 2.05. The van der Waals surface area contributed by atoms with Crippen LogP contribution in [0.25, 0.3) is 5.70 Å². The number of nitrogens with zero attached hydrogens (tertiary/aromatic N) is 3. The van der Waals surface area contributed by atoms with Crippen molar-refractivity contribution >= 4 is 24.8 Å². The van der Waals surface area contributed by atoms with Gasteiger partial charge in [0.2, 0.25) is 0 Å². The van der Waals surface area contributed by atoms with Gasteiger partial charge in [0.05, 0.1) is 5.70 Å². The van der Waals surface area contributed by atoms with Gasteiger partial charge >= 0.3 is 7.48 Å². The average molecular weight is 182 g/mol. The summed E-state index contributed by atoms with van der Waals surface area (Å²) < 4.78 is 7.33. The van der Waals surface area contributed by atoms with Gasteiger partial charge in [0.1, 0.15) is 11.5 Å². The Morgan fingerprint density at radius 1 is 1.50 bits per heavy atom. The molecule has 3 heterocycles. The Morgan fingerprint density at radius 2 is 2.50 bits per heavy atom. The third-order valence-electron chi connectivity index (χ3n) is 2.05. The second-order valence-electron chi connectivity index (χ2n) is 2.86. The number of aromatic nitrogens is 2. The summed E-state index contributed by atoms with van der Waals surface area (Å²) in [5.74, 6) is 3.48. The Bertz CT molecular complexity index is 506. The van der Waals surface area contributed by atoms with Crippen LogP contribution >= 0.6 is 0 Å². The van der Waals surface area contributed by atoms with Crippen molar-refractivity contribution in [3.05, 3.63) is 36.5 Å². The SMILES string of the molecule is [B]1OC2=C(C=CN=C=C2)n2ccnc21. The standard InChI is InChI=1S/C9H5BN3O/c1-3-11-4-2-8-7(1)13-6-5-12-9(13)10-14-8/h1-3,5-6H. The maximum Gasteiger partial charge on any atom is 0.450 e. The summed E-state index contributed by atoms with van der Waals surface area (Å²) in [5, 5.41) is 0. The minimum atomic E-state index is 0.730. The zero-order valence-corrected chi connectivity index (χ0v) is 7.21. The molecule has 1 aromatic rings. The average Bonchev–Trinajstić information content (AvgIpc) is 2.55. The van der Waals surface area contributed by atoms with E-state index < -0.39 is 0 Å². The summed E-state index contributed by atoms with van der Waals surface area (Å²) in [6.07, 6.45) is 8.86. The molecule has 0 amide bonds. The van der Waals surface area contributed by atoms with Crippen LogP contribution in [0.4, 0.5) is 0 Å². The molecule has 0 atom stereocenters. The van der Waals surface area contributed by atoms with Crippen LogP contribution in [0.2, 0.25) is 0 Å². The first-order valence-corrected chi connectivity index (χ1v) is 4.18. The van der Waals surface area contributed by atoms with Crippen molar-refractivity contribution in [3.63, 3.8) is 0 Å². The number of hydrogen-bond acceptors (Lipinski definition) is 3. The molecule has 1 aromatic heterocycles. The summed E-state index contributed by atoms with van der Waals surface area (Å²) in [4.78, 5) is 8.02. The molecule has 14 heavy (non-hydrogen) atoms. The molecule has 0 saturated carbocycles. The lowest BCUT2D eigenvalue weighted by atomic mass is 9.97. The van der Waals surface area contributed by atoms with E-state index >= 15 is 0 Å². The summed E-state index contributed by atoms with van der Waals surface area (Å²) in [6.45, 7) is 0. The molecule has 0 fully saturated rings. The molecule has 65 valence electrons. The maximum atomic E-state index is 5.39. The zero-order valence-electron chi connectivity index (χ0n) is 7.21. The molecule has 3 rings (SSSR count). The predicted molar refractivity (Wildman–Crippen MR) is 53.1 cm³/mol.